The summed E-state index contributed by atoms with van der Waals surface area (Å²) < 4.78 is 1.21. The van der Waals surface area contributed by atoms with E-state index in [1.165, 1.54) is 22.9 Å². The second-order valence-electron chi connectivity index (χ2n) is 6.00. The van der Waals surface area contributed by atoms with E-state index in [0.29, 0.717) is 12.0 Å². The van der Waals surface area contributed by atoms with Crippen LogP contribution in [0.15, 0.2) is 28.7 Å². The highest BCUT2D eigenvalue weighted by atomic mass is 79.9. The van der Waals surface area contributed by atoms with Crippen LogP contribution in [0.5, 0.6) is 0 Å². The lowest BCUT2D eigenvalue weighted by Crippen LogP contribution is -2.40. The standard InChI is InChI=1S/C17H29BrN2/c1-5-8-16(12-19-11-14(2)3)20(4)13-15-9-6-7-10-17(15)18/h6-7,9-10,14,16,19H,5,8,11-13H2,1-4H3. The van der Waals surface area contributed by atoms with Gasteiger partial charge >= 0.3 is 0 Å². The summed E-state index contributed by atoms with van der Waals surface area (Å²) in [6.45, 7) is 9.95. The van der Waals surface area contributed by atoms with Crippen molar-refractivity contribution >= 4 is 15.9 Å². The van der Waals surface area contributed by atoms with Gasteiger partial charge in [0.15, 0.2) is 0 Å². The van der Waals surface area contributed by atoms with Crippen molar-refractivity contribution in [2.45, 2.75) is 46.2 Å². The van der Waals surface area contributed by atoms with E-state index in [1.54, 1.807) is 0 Å². The molecule has 1 aromatic rings. The van der Waals surface area contributed by atoms with Gasteiger partial charge in [-0.25, -0.2) is 0 Å². The lowest BCUT2D eigenvalue weighted by Gasteiger charge is -2.29. The molecule has 3 heteroatoms. The SMILES string of the molecule is CCCC(CNCC(C)C)N(C)Cc1ccccc1Br. The Hall–Kier alpha value is -0.380. The Balaban J connectivity index is 2.55. The molecule has 0 aliphatic carbocycles. The van der Waals surface area contributed by atoms with Crippen molar-refractivity contribution in [2.75, 3.05) is 20.1 Å². The molecule has 20 heavy (non-hydrogen) atoms. The summed E-state index contributed by atoms with van der Waals surface area (Å²) in [4.78, 5) is 2.47. The Kier molecular flexibility index (Phi) is 8.43. The van der Waals surface area contributed by atoms with Crippen molar-refractivity contribution in [2.24, 2.45) is 5.92 Å². The summed E-state index contributed by atoms with van der Waals surface area (Å²) in [6.07, 6.45) is 2.47. The van der Waals surface area contributed by atoms with Crippen LogP contribution in [0.3, 0.4) is 0 Å². The lowest BCUT2D eigenvalue weighted by molar-refractivity contribution is 0.213. The highest BCUT2D eigenvalue weighted by molar-refractivity contribution is 9.10. The maximum absolute atomic E-state index is 3.64. The zero-order valence-electron chi connectivity index (χ0n) is 13.3. The molecule has 0 radical (unpaired) electrons. The number of rotatable bonds is 9. The van der Waals surface area contributed by atoms with E-state index in [-0.39, 0.29) is 0 Å². The van der Waals surface area contributed by atoms with Crippen molar-refractivity contribution in [1.82, 2.24) is 10.2 Å². The first-order valence-corrected chi connectivity index (χ1v) is 8.48. The maximum atomic E-state index is 3.64. The summed E-state index contributed by atoms with van der Waals surface area (Å²) >= 11 is 3.64. The molecule has 114 valence electrons. The molecule has 1 unspecified atom stereocenters. The van der Waals surface area contributed by atoms with Crippen LogP contribution in [0.4, 0.5) is 0 Å². The Morgan fingerprint density at radius 2 is 1.90 bits per heavy atom. The van der Waals surface area contributed by atoms with E-state index < -0.39 is 0 Å². The molecule has 0 saturated carbocycles. The maximum Gasteiger partial charge on any atom is 0.0245 e. The molecule has 0 fully saturated rings. The monoisotopic (exact) mass is 340 g/mol. The molecule has 0 heterocycles. The number of likely N-dealkylation sites (N-methyl/N-ethyl adjacent to an activating group) is 1. The fraction of sp³-hybridized carbons (Fsp3) is 0.647. The van der Waals surface area contributed by atoms with Crippen LogP contribution in [-0.2, 0) is 6.54 Å². The van der Waals surface area contributed by atoms with Gasteiger partial charge in [0.1, 0.15) is 0 Å². The van der Waals surface area contributed by atoms with Crippen LogP contribution < -0.4 is 5.32 Å². The van der Waals surface area contributed by atoms with Crippen molar-refractivity contribution in [3.63, 3.8) is 0 Å². The summed E-state index contributed by atoms with van der Waals surface area (Å²) in [7, 11) is 2.23. The van der Waals surface area contributed by atoms with Crippen molar-refractivity contribution in [3.8, 4) is 0 Å². The fourth-order valence-electron chi connectivity index (χ4n) is 2.37. The van der Waals surface area contributed by atoms with Gasteiger partial charge in [-0.2, -0.15) is 0 Å². The zero-order chi connectivity index (χ0) is 15.0. The average Bonchev–Trinajstić information content (AvgIpc) is 2.40. The largest absolute Gasteiger partial charge is 0.315 e. The first kappa shape index (κ1) is 17.7. The molecule has 0 bridgehead atoms. The van der Waals surface area contributed by atoms with Crippen molar-refractivity contribution in [3.05, 3.63) is 34.3 Å². The van der Waals surface area contributed by atoms with Crippen LogP contribution in [-0.4, -0.2) is 31.1 Å². The first-order valence-electron chi connectivity index (χ1n) is 7.69. The van der Waals surface area contributed by atoms with Crippen molar-refractivity contribution in [1.29, 1.82) is 0 Å². The zero-order valence-corrected chi connectivity index (χ0v) is 14.9. The molecule has 2 nitrogen and oxygen atoms in total. The van der Waals surface area contributed by atoms with Gasteiger partial charge < -0.3 is 5.32 Å². The van der Waals surface area contributed by atoms with E-state index in [1.807, 2.05) is 0 Å². The van der Waals surface area contributed by atoms with Gasteiger partial charge in [0.2, 0.25) is 0 Å². The van der Waals surface area contributed by atoms with Gasteiger partial charge in [0.25, 0.3) is 0 Å². The summed E-state index contributed by atoms with van der Waals surface area (Å²) in [6, 6.07) is 9.10. The average molecular weight is 341 g/mol. The van der Waals surface area contributed by atoms with Crippen molar-refractivity contribution < 1.29 is 0 Å². The van der Waals surface area contributed by atoms with Crippen LogP contribution in [0, 0.1) is 5.92 Å². The number of hydrogen-bond acceptors (Lipinski definition) is 2. The predicted octanol–water partition coefficient (Wildman–Crippen LogP) is 4.30. The minimum atomic E-state index is 0.603. The van der Waals surface area contributed by atoms with E-state index in [9.17, 15) is 0 Å². The molecule has 0 amide bonds. The molecular weight excluding hydrogens is 312 g/mol. The third kappa shape index (κ3) is 6.38. The van der Waals surface area contributed by atoms with Gasteiger partial charge in [-0.15, -0.1) is 0 Å². The Labute approximate surface area is 133 Å². The number of hydrogen-bond donors (Lipinski definition) is 1. The minimum Gasteiger partial charge on any atom is -0.315 e. The van der Waals surface area contributed by atoms with Crippen LogP contribution in [0.2, 0.25) is 0 Å². The summed E-state index contributed by atoms with van der Waals surface area (Å²) in [5, 5.41) is 3.60. The van der Waals surface area contributed by atoms with Gasteiger partial charge in [0, 0.05) is 23.6 Å². The Morgan fingerprint density at radius 1 is 1.20 bits per heavy atom. The molecule has 1 aromatic carbocycles. The summed E-state index contributed by atoms with van der Waals surface area (Å²) in [5.41, 5.74) is 1.36. The molecule has 1 rings (SSSR count). The quantitative estimate of drug-likeness (QED) is 0.721. The minimum absolute atomic E-state index is 0.603. The molecule has 0 aliphatic heterocycles. The topological polar surface area (TPSA) is 15.3 Å². The lowest BCUT2D eigenvalue weighted by atomic mass is 10.1. The summed E-state index contributed by atoms with van der Waals surface area (Å²) in [5.74, 6) is 0.714. The Bertz CT molecular complexity index is 379. The molecule has 1 atom stereocenters. The second kappa shape index (κ2) is 9.54. The van der Waals surface area contributed by atoms with Gasteiger partial charge in [-0.05, 0) is 37.6 Å². The van der Waals surface area contributed by atoms with Gasteiger partial charge in [-0.1, -0.05) is 61.3 Å². The predicted molar refractivity (Wildman–Crippen MR) is 92.0 cm³/mol. The van der Waals surface area contributed by atoms with Crippen LogP contribution in [0.1, 0.15) is 39.2 Å². The van der Waals surface area contributed by atoms with Gasteiger partial charge in [0.05, 0.1) is 0 Å². The fourth-order valence-corrected chi connectivity index (χ4v) is 2.78. The third-order valence-corrected chi connectivity index (χ3v) is 4.33. The Morgan fingerprint density at radius 3 is 2.50 bits per heavy atom. The van der Waals surface area contributed by atoms with E-state index in [4.69, 9.17) is 0 Å². The number of nitrogens with zero attached hydrogens (tertiary/aromatic N) is 1. The first-order chi connectivity index (χ1) is 9.54. The van der Waals surface area contributed by atoms with Crippen LogP contribution in [0.25, 0.3) is 0 Å². The molecule has 0 spiro atoms. The number of halogens is 1. The number of nitrogens with one attached hydrogen (secondary N) is 1. The van der Waals surface area contributed by atoms with Gasteiger partial charge in [-0.3, -0.25) is 4.90 Å². The second-order valence-corrected chi connectivity index (χ2v) is 6.86. The highest BCUT2D eigenvalue weighted by Gasteiger charge is 2.14. The third-order valence-electron chi connectivity index (χ3n) is 3.56. The van der Waals surface area contributed by atoms with E-state index in [2.05, 4.69) is 78.2 Å². The molecule has 0 aliphatic rings. The molecule has 0 aromatic heterocycles. The number of benzene rings is 1. The van der Waals surface area contributed by atoms with E-state index >= 15 is 0 Å². The van der Waals surface area contributed by atoms with E-state index in [0.717, 1.165) is 19.6 Å². The highest BCUT2D eigenvalue weighted by Crippen LogP contribution is 2.19. The van der Waals surface area contributed by atoms with Crippen LogP contribution >= 0.6 is 15.9 Å². The molecular formula is C17H29BrN2. The normalized spacial score (nSPS) is 13.2. The molecule has 1 N–H and O–H groups in total. The smallest absolute Gasteiger partial charge is 0.0245 e. The molecule has 0 saturated heterocycles.